The minimum atomic E-state index is -4.66. The lowest BCUT2D eigenvalue weighted by atomic mass is 10.1. The number of aromatic nitrogens is 3. The Hall–Kier alpha value is -3.45. The van der Waals surface area contributed by atoms with Gasteiger partial charge in [-0.3, -0.25) is 9.78 Å². The van der Waals surface area contributed by atoms with Crippen LogP contribution in [0.15, 0.2) is 66.0 Å². The van der Waals surface area contributed by atoms with Crippen molar-refractivity contribution in [2.24, 2.45) is 0 Å². The molecule has 0 radical (unpaired) electrons. The van der Waals surface area contributed by atoms with Gasteiger partial charge in [0.2, 0.25) is 21.8 Å². The number of halogens is 4. The van der Waals surface area contributed by atoms with Gasteiger partial charge in [-0.25, -0.2) is 22.8 Å². The van der Waals surface area contributed by atoms with E-state index in [9.17, 15) is 30.8 Å². The molecule has 1 aliphatic heterocycles. The second kappa shape index (κ2) is 9.90. The van der Waals surface area contributed by atoms with Crippen molar-refractivity contribution in [3.05, 3.63) is 72.6 Å². The molecule has 0 bridgehead atoms. The number of alkyl halides is 4. The fraction of sp³-hybridized carbons (Fsp3) is 0.304. The van der Waals surface area contributed by atoms with E-state index in [0.29, 0.717) is 16.8 Å². The average molecular weight is 524 g/mol. The summed E-state index contributed by atoms with van der Waals surface area (Å²) in [4.78, 5) is 23.7. The number of pyridine rings is 1. The molecule has 1 aromatic carbocycles. The highest BCUT2D eigenvalue weighted by molar-refractivity contribution is 7.89. The van der Waals surface area contributed by atoms with Crippen molar-refractivity contribution >= 4 is 15.9 Å². The number of nitrogens with one attached hydrogen (secondary N) is 1. The van der Waals surface area contributed by atoms with Gasteiger partial charge >= 0.3 is 6.18 Å². The third-order valence-electron chi connectivity index (χ3n) is 5.80. The monoisotopic (exact) mass is 523 g/mol. The molecule has 0 unspecified atom stereocenters. The highest BCUT2D eigenvalue weighted by Gasteiger charge is 2.49. The summed E-state index contributed by atoms with van der Waals surface area (Å²) in [5.41, 5.74) is 1.12. The molecule has 1 amide bonds. The third-order valence-corrected chi connectivity index (χ3v) is 7.81. The maximum absolute atomic E-state index is 14.5. The number of amides is 1. The van der Waals surface area contributed by atoms with E-state index in [-0.39, 0.29) is 17.9 Å². The van der Waals surface area contributed by atoms with Gasteiger partial charge in [0, 0.05) is 30.6 Å². The summed E-state index contributed by atoms with van der Waals surface area (Å²) in [5.74, 6) is -1.95. The van der Waals surface area contributed by atoms with Crippen molar-refractivity contribution in [1.29, 1.82) is 0 Å². The van der Waals surface area contributed by atoms with E-state index >= 15 is 0 Å². The largest absolute Gasteiger partial charge is 0.451 e. The highest BCUT2D eigenvalue weighted by atomic mass is 32.2. The first-order chi connectivity index (χ1) is 17.0. The van der Waals surface area contributed by atoms with Crippen LogP contribution in [0.25, 0.3) is 11.1 Å². The summed E-state index contributed by atoms with van der Waals surface area (Å²) in [6.45, 7) is 1.30. The molecule has 13 heteroatoms. The zero-order valence-electron chi connectivity index (χ0n) is 18.9. The Kier molecular flexibility index (Phi) is 7.05. The predicted octanol–water partition coefficient (Wildman–Crippen LogP) is 3.36. The molecule has 1 saturated heterocycles. The zero-order valence-corrected chi connectivity index (χ0v) is 19.7. The second-order valence-corrected chi connectivity index (χ2v) is 10.0. The number of hydrogen-bond donors (Lipinski definition) is 1. The lowest BCUT2D eigenvalue weighted by molar-refractivity contribution is -0.145. The Labute approximate surface area is 204 Å². The van der Waals surface area contributed by atoms with Crippen LogP contribution in [0, 0.1) is 0 Å². The van der Waals surface area contributed by atoms with Gasteiger partial charge in [0.1, 0.15) is 12.2 Å². The van der Waals surface area contributed by atoms with Crippen molar-refractivity contribution in [1.82, 2.24) is 24.6 Å². The van der Waals surface area contributed by atoms with Crippen LogP contribution in [0.5, 0.6) is 0 Å². The number of benzene rings is 1. The summed E-state index contributed by atoms with van der Waals surface area (Å²) < 4.78 is 79.8. The van der Waals surface area contributed by atoms with Crippen molar-refractivity contribution in [2.75, 3.05) is 0 Å². The topological polar surface area (TPSA) is 105 Å². The molecule has 3 heterocycles. The molecule has 3 aromatic rings. The van der Waals surface area contributed by atoms with Crippen molar-refractivity contribution in [3.8, 4) is 11.1 Å². The maximum atomic E-state index is 14.5. The molecule has 8 nitrogen and oxygen atoms in total. The first kappa shape index (κ1) is 25.6. The highest BCUT2D eigenvalue weighted by Crippen LogP contribution is 2.33. The van der Waals surface area contributed by atoms with E-state index in [4.69, 9.17) is 0 Å². The Bertz CT molecular complexity index is 1340. The van der Waals surface area contributed by atoms with Gasteiger partial charge < -0.3 is 5.32 Å². The van der Waals surface area contributed by atoms with Crippen LogP contribution in [-0.2, 0) is 27.5 Å². The molecule has 0 spiro atoms. The van der Waals surface area contributed by atoms with Crippen LogP contribution in [-0.4, -0.2) is 51.8 Å². The molecule has 4 rings (SSSR count). The molecule has 1 aliphatic rings. The Morgan fingerprint density at radius 1 is 1.08 bits per heavy atom. The Balaban J connectivity index is 1.49. The Morgan fingerprint density at radius 3 is 2.39 bits per heavy atom. The van der Waals surface area contributed by atoms with Gasteiger partial charge in [-0.15, -0.1) is 0 Å². The summed E-state index contributed by atoms with van der Waals surface area (Å²) in [6, 6.07) is 8.25. The van der Waals surface area contributed by atoms with Crippen molar-refractivity contribution < 1.29 is 30.8 Å². The van der Waals surface area contributed by atoms with E-state index in [2.05, 4.69) is 20.3 Å². The number of hydrogen-bond acceptors (Lipinski definition) is 6. The van der Waals surface area contributed by atoms with E-state index in [1.54, 1.807) is 6.07 Å². The number of sulfonamides is 1. The molecular weight excluding hydrogens is 502 g/mol. The van der Waals surface area contributed by atoms with Gasteiger partial charge in [-0.1, -0.05) is 18.2 Å². The Morgan fingerprint density at radius 2 is 1.75 bits per heavy atom. The van der Waals surface area contributed by atoms with E-state index < -0.39 is 46.2 Å². The van der Waals surface area contributed by atoms with Crippen LogP contribution >= 0.6 is 0 Å². The van der Waals surface area contributed by atoms with Gasteiger partial charge in [0.15, 0.2) is 0 Å². The van der Waals surface area contributed by atoms with Gasteiger partial charge in [-0.05, 0) is 36.8 Å². The van der Waals surface area contributed by atoms with E-state index in [1.807, 2.05) is 0 Å². The van der Waals surface area contributed by atoms with Crippen LogP contribution < -0.4 is 5.32 Å². The normalized spacial score (nSPS) is 20.9. The fourth-order valence-corrected chi connectivity index (χ4v) is 5.79. The van der Waals surface area contributed by atoms with Crippen molar-refractivity contribution in [2.45, 2.75) is 49.2 Å². The molecular formula is C23H21F4N5O3S. The number of rotatable bonds is 6. The lowest BCUT2D eigenvalue weighted by Crippen LogP contribution is -2.48. The van der Waals surface area contributed by atoms with Gasteiger partial charge in [0.05, 0.1) is 23.2 Å². The van der Waals surface area contributed by atoms with Gasteiger partial charge in [-0.2, -0.15) is 17.5 Å². The summed E-state index contributed by atoms with van der Waals surface area (Å²) in [7, 11) is -4.13. The smallest absolute Gasteiger partial charge is 0.349 e. The molecule has 0 saturated carbocycles. The summed E-state index contributed by atoms with van der Waals surface area (Å²) in [5, 5.41) is 2.59. The molecule has 1 N–H and O–H groups in total. The standard InChI is InChI=1S/C23H21F4N5O3S/c1-14-19(24)10-20(32(14)36(34,35)18-5-3-2-4-6-18)21(33)29-13-17-9-15(7-8-28-17)16-11-30-22(31-12-16)23(25,26)27/h2-9,11-12,14,19-20H,10,13H2,1H3,(H,29,33)/t14-,19+,20-/m0/s1. The fourth-order valence-electron chi connectivity index (χ4n) is 3.95. The number of nitrogens with zero attached hydrogens (tertiary/aromatic N) is 4. The van der Waals surface area contributed by atoms with Crippen LogP contribution in [0.1, 0.15) is 24.9 Å². The van der Waals surface area contributed by atoms with Crippen LogP contribution in [0.3, 0.4) is 0 Å². The molecule has 2 aromatic heterocycles. The maximum Gasteiger partial charge on any atom is 0.451 e. The van der Waals surface area contributed by atoms with Crippen LogP contribution in [0.4, 0.5) is 17.6 Å². The SMILES string of the molecule is C[C@H]1[C@H](F)C[C@@H](C(=O)NCc2cc(-c3cnc(C(F)(F)F)nc3)ccn2)N1S(=O)(=O)c1ccccc1. The molecule has 36 heavy (non-hydrogen) atoms. The lowest BCUT2D eigenvalue weighted by Gasteiger charge is -2.26. The molecule has 0 aliphatic carbocycles. The predicted molar refractivity (Wildman–Crippen MR) is 120 cm³/mol. The van der Waals surface area contributed by atoms with Crippen LogP contribution in [0.2, 0.25) is 0 Å². The summed E-state index contributed by atoms with van der Waals surface area (Å²) in [6.07, 6.45) is -3.03. The number of carbonyl (C=O) groups excluding carboxylic acids is 1. The average Bonchev–Trinajstić information content (AvgIpc) is 3.17. The zero-order chi connectivity index (χ0) is 26.1. The molecule has 190 valence electrons. The number of carbonyl (C=O) groups is 1. The second-order valence-electron chi connectivity index (χ2n) is 8.20. The van der Waals surface area contributed by atoms with Gasteiger partial charge in [0.25, 0.3) is 0 Å². The van der Waals surface area contributed by atoms with E-state index in [1.165, 1.54) is 49.5 Å². The molecule has 1 fully saturated rings. The molecule has 3 atom stereocenters. The summed E-state index contributed by atoms with van der Waals surface area (Å²) >= 11 is 0. The first-order valence-corrected chi connectivity index (χ1v) is 12.3. The third kappa shape index (κ3) is 5.21. The van der Waals surface area contributed by atoms with E-state index in [0.717, 1.165) is 16.7 Å². The first-order valence-electron chi connectivity index (χ1n) is 10.8. The quantitative estimate of drug-likeness (QED) is 0.497. The van der Waals surface area contributed by atoms with Crippen molar-refractivity contribution in [3.63, 3.8) is 0 Å². The minimum absolute atomic E-state index is 0.0446. The minimum Gasteiger partial charge on any atom is -0.349 e.